The van der Waals surface area contributed by atoms with Gasteiger partial charge in [0.15, 0.2) is 0 Å². The summed E-state index contributed by atoms with van der Waals surface area (Å²) in [5.41, 5.74) is 11.6. The molecule has 1 aromatic rings. The number of ether oxygens (including phenoxy) is 5. The van der Waals surface area contributed by atoms with E-state index in [2.05, 4.69) is 53.7 Å². The number of nitrogens with zero attached hydrogens (tertiary/aromatic N) is 3. The fourth-order valence-electron chi connectivity index (χ4n) is 4.78. The predicted molar refractivity (Wildman–Crippen MR) is 159 cm³/mol. The summed E-state index contributed by atoms with van der Waals surface area (Å²) < 4.78 is 33.5. The molecule has 1 aliphatic rings. The highest BCUT2D eigenvalue weighted by molar-refractivity contribution is 9.10. The summed E-state index contributed by atoms with van der Waals surface area (Å²) in [4.78, 5) is 3.25. The van der Waals surface area contributed by atoms with Crippen molar-refractivity contribution in [3.8, 4) is 0 Å². The summed E-state index contributed by atoms with van der Waals surface area (Å²) in [5.74, 6) is 0. The minimum absolute atomic E-state index is 0.351. The molecule has 0 aliphatic carbocycles. The molecule has 8 nitrogen and oxygen atoms in total. The minimum atomic E-state index is -0.596. The van der Waals surface area contributed by atoms with Crippen LogP contribution in [0.4, 0.5) is 0 Å². The van der Waals surface area contributed by atoms with Crippen molar-refractivity contribution in [1.29, 1.82) is 0 Å². The number of rotatable bonds is 20. The van der Waals surface area contributed by atoms with Gasteiger partial charge in [-0.25, -0.2) is 0 Å². The van der Waals surface area contributed by atoms with Crippen molar-refractivity contribution < 1.29 is 23.7 Å². The average molecular weight is 613 g/mol. The largest absolute Gasteiger partial charge is 0.379 e. The van der Waals surface area contributed by atoms with E-state index in [0.717, 1.165) is 67.0 Å². The summed E-state index contributed by atoms with van der Waals surface area (Å²) in [6, 6.07) is 5.40. The first-order valence-corrected chi connectivity index (χ1v) is 15.7. The standard InChI is InChI=1S/C30H50BrN3O5/c1-6-10-16-35-21-25-27(36-17-11-7-2)29(37-18-12-8-3)30(38-19-13-9-4)28(39-25)26(33-34-32)24-15-14-23(31)20-22(24)5/h14-15,20,25-30H,6-13,16-19,21H2,1-5H3/t25?,26-,27?,28?,29?,30?/m1/s1. The molecular formula is C30H50BrN3O5. The van der Waals surface area contributed by atoms with Gasteiger partial charge in [0, 0.05) is 35.8 Å². The third-order valence-corrected chi connectivity index (χ3v) is 7.55. The van der Waals surface area contributed by atoms with Gasteiger partial charge in [-0.15, -0.1) is 0 Å². The Balaban J connectivity index is 2.54. The monoisotopic (exact) mass is 611 g/mol. The van der Waals surface area contributed by atoms with Gasteiger partial charge in [-0.3, -0.25) is 0 Å². The molecule has 39 heavy (non-hydrogen) atoms. The normalized spacial score (nSPS) is 23.9. The molecule has 0 amide bonds. The van der Waals surface area contributed by atoms with Crippen molar-refractivity contribution in [3.63, 3.8) is 0 Å². The first kappa shape index (κ1) is 34.0. The van der Waals surface area contributed by atoms with E-state index in [1.54, 1.807) is 0 Å². The van der Waals surface area contributed by atoms with Gasteiger partial charge in [-0.1, -0.05) is 80.5 Å². The van der Waals surface area contributed by atoms with Crippen LogP contribution in [0.25, 0.3) is 10.4 Å². The molecule has 9 heteroatoms. The number of hydrogen-bond donors (Lipinski definition) is 0. The Morgan fingerprint density at radius 1 is 0.872 bits per heavy atom. The van der Waals surface area contributed by atoms with Crippen LogP contribution >= 0.6 is 15.9 Å². The predicted octanol–water partition coefficient (Wildman–Crippen LogP) is 8.25. The van der Waals surface area contributed by atoms with Gasteiger partial charge >= 0.3 is 0 Å². The maximum absolute atomic E-state index is 9.65. The van der Waals surface area contributed by atoms with Crippen molar-refractivity contribution in [2.45, 2.75) is 123 Å². The zero-order valence-electron chi connectivity index (χ0n) is 24.6. The first-order chi connectivity index (χ1) is 19.0. The fraction of sp³-hybridized carbons (Fsp3) is 0.800. The molecule has 1 aromatic carbocycles. The van der Waals surface area contributed by atoms with E-state index in [0.29, 0.717) is 33.0 Å². The molecule has 5 unspecified atom stereocenters. The van der Waals surface area contributed by atoms with Crippen LogP contribution in [0.15, 0.2) is 27.8 Å². The molecular weight excluding hydrogens is 562 g/mol. The number of benzene rings is 1. The molecule has 0 bridgehead atoms. The van der Waals surface area contributed by atoms with Crippen LogP contribution < -0.4 is 0 Å². The second-order valence-electron chi connectivity index (χ2n) is 10.3. The van der Waals surface area contributed by atoms with Crippen molar-refractivity contribution >= 4 is 15.9 Å². The Bertz CT molecular complexity index is 854. The number of halogens is 1. The lowest BCUT2D eigenvalue weighted by Crippen LogP contribution is -2.62. The van der Waals surface area contributed by atoms with E-state index in [1.165, 1.54) is 0 Å². The Morgan fingerprint density at radius 3 is 2.00 bits per heavy atom. The quantitative estimate of drug-likeness (QED) is 0.0640. The third kappa shape index (κ3) is 11.0. The second kappa shape index (κ2) is 19.8. The lowest BCUT2D eigenvalue weighted by atomic mass is 9.87. The zero-order valence-corrected chi connectivity index (χ0v) is 26.2. The third-order valence-electron chi connectivity index (χ3n) is 7.06. The van der Waals surface area contributed by atoms with Crippen LogP contribution in [-0.4, -0.2) is 63.6 Å². The van der Waals surface area contributed by atoms with Crippen molar-refractivity contribution in [2.24, 2.45) is 5.11 Å². The summed E-state index contributed by atoms with van der Waals surface area (Å²) >= 11 is 3.56. The van der Waals surface area contributed by atoms with E-state index in [4.69, 9.17) is 23.7 Å². The second-order valence-corrected chi connectivity index (χ2v) is 11.2. The van der Waals surface area contributed by atoms with E-state index < -0.39 is 18.2 Å². The average Bonchev–Trinajstić information content (AvgIpc) is 2.92. The Labute approximate surface area is 244 Å². The van der Waals surface area contributed by atoms with E-state index in [-0.39, 0.29) is 18.3 Å². The van der Waals surface area contributed by atoms with Crippen LogP contribution in [0, 0.1) is 6.92 Å². The Morgan fingerprint density at radius 2 is 1.44 bits per heavy atom. The molecule has 1 heterocycles. The highest BCUT2D eigenvalue weighted by atomic mass is 79.9. The number of aryl methyl sites for hydroxylation is 1. The Hall–Kier alpha value is -1.19. The Kier molecular flexibility index (Phi) is 17.3. The molecule has 222 valence electrons. The van der Waals surface area contributed by atoms with Crippen LogP contribution in [0.2, 0.25) is 0 Å². The lowest BCUT2D eigenvalue weighted by molar-refractivity contribution is -0.269. The van der Waals surface area contributed by atoms with Crippen molar-refractivity contribution in [3.05, 3.63) is 44.2 Å². The summed E-state index contributed by atoms with van der Waals surface area (Å²) in [5, 5.41) is 4.29. The molecule has 6 atom stereocenters. The zero-order chi connectivity index (χ0) is 28.5. The van der Waals surface area contributed by atoms with Gasteiger partial charge in [-0.2, -0.15) is 0 Å². The van der Waals surface area contributed by atoms with Crippen LogP contribution in [0.1, 0.15) is 96.2 Å². The van der Waals surface area contributed by atoms with Gasteiger partial charge in [0.2, 0.25) is 0 Å². The summed E-state index contributed by atoms with van der Waals surface area (Å²) in [6.45, 7) is 13.4. The van der Waals surface area contributed by atoms with E-state index in [9.17, 15) is 5.53 Å². The van der Waals surface area contributed by atoms with Gasteiger partial charge in [0.1, 0.15) is 24.4 Å². The van der Waals surface area contributed by atoms with Gasteiger partial charge in [-0.05, 0) is 61.4 Å². The molecule has 1 fully saturated rings. The van der Waals surface area contributed by atoms with Crippen LogP contribution in [0.5, 0.6) is 0 Å². The van der Waals surface area contributed by atoms with Gasteiger partial charge < -0.3 is 23.7 Å². The van der Waals surface area contributed by atoms with E-state index >= 15 is 0 Å². The molecule has 0 saturated carbocycles. The smallest absolute Gasteiger partial charge is 0.115 e. The molecule has 0 N–H and O–H groups in total. The highest BCUT2D eigenvalue weighted by Gasteiger charge is 2.50. The molecule has 0 radical (unpaired) electrons. The molecule has 0 aromatic heterocycles. The lowest BCUT2D eigenvalue weighted by Gasteiger charge is -2.48. The molecule has 1 aliphatic heterocycles. The highest BCUT2D eigenvalue weighted by Crippen LogP contribution is 2.38. The molecule has 1 saturated heterocycles. The number of hydrogen-bond acceptors (Lipinski definition) is 6. The molecule has 2 rings (SSSR count). The first-order valence-electron chi connectivity index (χ1n) is 14.9. The fourth-order valence-corrected chi connectivity index (χ4v) is 5.26. The van der Waals surface area contributed by atoms with Gasteiger partial charge in [0.05, 0.1) is 18.8 Å². The van der Waals surface area contributed by atoms with Crippen molar-refractivity contribution in [1.82, 2.24) is 0 Å². The minimum Gasteiger partial charge on any atom is -0.379 e. The van der Waals surface area contributed by atoms with E-state index in [1.807, 2.05) is 25.1 Å². The number of azide groups is 1. The van der Waals surface area contributed by atoms with Crippen LogP contribution in [0.3, 0.4) is 0 Å². The van der Waals surface area contributed by atoms with Crippen LogP contribution in [-0.2, 0) is 23.7 Å². The number of unbranched alkanes of at least 4 members (excludes halogenated alkanes) is 4. The van der Waals surface area contributed by atoms with Crippen molar-refractivity contribution in [2.75, 3.05) is 33.0 Å². The molecule has 0 spiro atoms. The summed E-state index contributed by atoms with van der Waals surface area (Å²) in [7, 11) is 0. The topological polar surface area (TPSA) is 94.9 Å². The maximum atomic E-state index is 9.65. The maximum Gasteiger partial charge on any atom is 0.115 e. The van der Waals surface area contributed by atoms with Gasteiger partial charge in [0.25, 0.3) is 0 Å². The SMILES string of the molecule is CCCCOCC1OC([C@H](N=[N+]=[N-])c2ccc(Br)cc2C)C(OCCCC)C(OCCCC)C1OCCCC. The summed E-state index contributed by atoms with van der Waals surface area (Å²) in [6.07, 6.45) is 5.78.